The second-order valence-electron chi connectivity index (χ2n) is 7.80. The number of ether oxygens (including phenoxy) is 1. The summed E-state index contributed by atoms with van der Waals surface area (Å²) in [7, 11) is 1.22. The second kappa shape index (κ2) is 8.77. The van der Waals surface area contributed by atoms with E-state index in [1.807, 2.05) is 6.92 Å². The van der Waals surface area contributed by atoms with Gasteiger partial charge in [-0.1, -0.05) is 31.6 Å². The molecule has 0 atom stereocenters. The average molecular weight is 444 g/mol. The van der Waals surface area contributed by atoms with Gasteiger partial charge in [0.1, 0.15) is 5.82 Å². The third kappa shape index (κ3) is 3.78. The zero-order valence-corrected chi connectivity index (χ0v) is 17.7. The third-order valence-electron chi connectivity index (χ3n) is 5.82. The summed E-state index contributed by atoms with van der Waals surface area (Å²) < 4.78 is 77.3. The van der Waals surface area contributed by atoms with Crippen LogP contribution in [-0.2, 0) is 19.3 Å². The molecule has 166 valence electrons. The largest absolute Gasteiger partial charge is 0.494 e. The quantitative estimate of drug-likeness (QED) is 0.379. The molecule has 0 fully saturated rings. The molecule has 0 radical (unpaired) electrons. The molecule has 0 aliphatic heterocycles. The Morgan fingerprint density at radius 2 is 1.50 bits per heavy atom. The highest BCUT2D eigenvalue weighted by Crippen LogP contribution is 2.36. The first kappa shape index (κ1) is 22.1. The minimum Gasteiger partial charge on any atom is -0.494 e. The molecule has 0 N–H and O–H groups in total. The number of halogens is 5. The minimum absolute atomic E-state index is 0.0687. The molecule has 0 saturated heterocycles. The summed E-state index contributed by atoms with van der Waals surface area (Å²) in [4.78, 5) is 0. The Hall–Kier alpha value is -3.15. The van der Waals surface area contributed by atoms with Crippen LogP contribution >= 0.6 is 0 Å². The van der Waals surface area contributed by atoms with Gasteiger partial charge in [-0.05, 0) is 65.8 Å². The van der Waals surface area contributed by atoms with E-state index in [4.69, 9.17) is 4.74 Å². The van der Waals surface area contributed by atoms with E-state index in [0.29, 0.717) is 41.5 Å². The van der Waals surface area contributed by atoms with Gasteiger partial charge in [0.2, 0.25) is 5.82 Å². The van der Waals surface area contributed by atoms with Crippen LogP contribution in [0.3, 0.4) is 0 Å². The SMILES string of the molecule is CCCc1ccc(C2=CCc3cc(-c4ccc(OC)c(F)c4F)c(F)cc3C2)c(F)c1F. The van der Waals surface area contributed by atoms with Crippen molar-refractivity contribution in [3.05, 3.63) is 93.8 Å². The Bertz CT molecular complexity index is 1230. The molecule has 0 amide bonds. The maximum absolute atomic E-state index is 14.9. The van der Waals surface area contributed by atoms with Gasteiger partial charge in [0, 0.05) is 16.7 Å². The summed E-state index contributed by atoms with van der Waals surface area (Å²) in [5.41, 5.74) is 2.07. The highest BCUT2D eigenvalue weighted by molar-refractivity contribution is 5.74. The molecule has 1 aliphatic rings. The molecule has 0 saturated carbocycles. The standard InChI is InChI=1S/C26H21F5O/c1-3-4-14-7-8-18(24(29)23(14)28)16-6-5-15-12-20(21(27)13-17(15)11-16)19-9-10-22(32-2)26(31)25(19)30/h6-10,12-13H,3-5,11H2,1-2H3. The van der Waals surface area contributed by atoms with Crippen molar-refractivity contribution in [3.8, 4) is 16.9 Å². The molecule has 1 aliphatic carbocycles. The number of hydrogen-bond acceptors (Lipinski definition) is 1. The fourth-order valence-corrected chi connectivity index (χ4v) is 4.13. The zero-order valence-electron chi connectivity index (χ0n) is 17.7. The van der Waals surface area contributed by atoms with E-state index in [-0.39, 0.29) is 28.9 Å². The molecular formula is C26H21F5O. The molecule has 1 nitrogen and oxygen atoms in total. The van der Waals surface area contributed by atoms with Crippen LogP contribution in [0.4, 0.5) is 22.0 Å². The number of benzene rings is 3. The van der Waals surface area contributed by atoms with Crippen molar-refractivity contribution < 1.29 is 26.7 Å². The highest BCUT2D eigenvalue weighted by Gasteiger charge is 2.23. The molecule has 0 spiro atoms. The molecule has 0 heterocycles. The van der Waals surface area contributed by atoms with Gasteiger partial charge >= 0.3 is 0 Å². The smallest absolute Gasteiger partial charge is 0.201 e. The third-order valence-corrected chi connectivity index (χ3v) is 5.82. The lowest BCUT2D eigenvalue weighted by Crippen LogP contribution is -2.08. The molecule has 0 aromatic heterocycles. The van der Waals surface area contributed by atoms with Crippen LogP contribution < -0.4 is 4.74 Å². The molecule has 4 rings (SSSR count). The van der Waals surface area contributed by atoms with Gasteiger partial charge in [0.05, 0.1) is 7.11 Å². The molecule has 6 heteroatoms. The lowest BCUT2D eigenvalue weighted by atomic mass is 9.85. The number of fused-ring (bicyclic) bond motifs is 1. The predicted octanol–water partition coefficient (Wildman–Crippen LogP) is 7.19. The second-order valence-corrected chi connectivity index (χ2v) is 7.80. The predicted molar refractivity (Wildman–Crippen MR) is 114 cm³/mol. The van der Waals surface area contributed by atoms with Gasteiger partial charge in [0.15, 0.2) is 23.2 Å². The Kier molecular flexibility index (Phi) is 6.04. The number of rotatable bonds is 5. The van der Waals surface area contributed by atoms with E-state index in [1.165, 1.54) is 31.4 Å². The van der Waals surface area contributed by atoms with Crippen molar-refractivity contribution in [2.75, 3.05) is 7.11 Å². The Balaban J connectivity index is 1.69. The number of methoxy groups -OCH3 is 1. The van der Waals surface area contributed by atoms with Crippen molar-refractivity contribution in [1.82, 2.24) is 0 Å². The van der Waals surface area contributed by atoms with E-state index in [9.17, 15) is 22.0 Å². The Labute approximate surface area is 183 Å². The van der Waals surface area contributed by atoms with E-state index in [0.717, 1.165) is 0 Å². The van der Waals surface area contributed by atoms with Crippen molar-refractivity contribution in [2.24, 2.45) is 0 Å². The van der Waals surface area contributed by atoms with E-state index in [1.54, 1.807) is 18.2 Å². The summed E-state index contributed by atoms with van der Waals surface area (Å²) in [6, 6.07) is 8.37. The van der Waals surface area contributed by atoms with Gasteiger partial charge in [-0.15, -0.1) is 0 Å². The Morgan fingerprint density at radius 3 is 2.22 bits per heavy atom. The van der Waals surface area contributed by atoms with Crippen LogP contribution in [0.25, 0.3) is 16.7 Å². The minimum atomic E-state index is -1.19. The van der Waals surface area contributed by atoms with Gasteiger partial charge in [0.25, 0.3) is 0 Å². The van der Waals surface area contributed by atoms with Gasteiger partial charge in [-0.25, -0.2) is 17.6 Å². The van der Waals surface area contributed by atoms with Crippen LogP contribution in [0.15, 0.2) is 42.5 Å². The summed E-state index contributed by atoms with van der Waals surface area (Å²) in [6.07, 6.45) is 3.44. The Morgan fingerprint density at radius 1 is 0.781 bits per heavy atom. The van der Waals surface area contributed by atoms with Crippen LogP contribution in [-0.4, -0.2) is 7.11 Å². The van der Waals surface area contributed by atoms with Crippen LogP contribution in [0.5, 0.6) is 5.75 Å². The lowest BCUT2D eigenvalue weighted by molar-refractivity contribution is 0.372. The molecule has 3 aromatic rings. The van der Waals surface area contributed by atoms with Gasteiger partial charge in [-0.2, -0.15) is 4.39 Å². The summed E-state index contributed by atoms with van der Waals surface area (Å²) in [5, 5.41) is 0. The zero-order chi connectivity index (χ0) is 23.0. The number of allylic oxidation sites excluding steroid dienone is 2. The van der Waals surface area contributed by atoms with E-state index >= 15 is 0 Å². The first-order valence-corrected chi connectivity index (χ1v) is 10.4. The van der Waals surface area contributed by atoms with E-state index in [2.05, 4.69) is 0 Å². The van der Waals surface area contributed by atoms with Gasteiger partial charge < -0.3 is 4.74 Å². The van der Waals surface area contributed by atoms with Crippen molar-refractivity contribution >= 4 is 5.57 Å². The highest BCUT2D eigenvalue weighted by atomic mass is 19.2. The monoisotopic (exact) mass is 444 g/mol. The van der Waals surface area contributed by atoms with Crippen LogP contribution in [0, 0.1) is 29.1 Å². The van der Waals surface area contributed by atoms with Crippen molar-refractivity contribution in [1.29, 1.82) is 0 Å². The maximum atomic E-state index is 14.9. The summed E-state index contributed by atoms with van der Waals surface area (Å²) in [6.45, 7) is 1.89. The van der Waals surface area contributed by atoms with Crippen LogP contribution in [0.2, 0.25) is 0 Å². The van der Waals surface area contributed by atoms with Gasteiger partial charge in [-0.3, -0.25) is 0 Å². The van der Waals surface area contributed by atoms with E-state index < -0.39 is 29.1 Å². The molecule has 32 heavy (non-hydrogen) atoms. The molecule has 3 aromatic carbocycles. The fraction of sp³-hybridized carbons (Fsp3) is 0.231. The maximum Gasteiger partial charge on any atom is 0.201 e. The summed E-state index contributed by atoms with van der Waals surface area (Å²) >= 11 is 0. The van der Waals surface area contributed by atoms with Crippen LogP contribution in [0.1, 0.15) is 35.6 Å². The lowest BCUT2D eigenvalue weighted by Gasteiger charge is -2.20. The fourth-order valence-electron chi connectivity index (χ4n) is 4.13. The molecular weight excluding hydrogens is 423 g/mol. The average Bonchev–Trinajstić information content (AvgIpc) is 2.78. The summed E-state index contributed by atoms with van der Waals surface area (Å²) in [5.74, 6) is -5.13. The molecule has 0 unspecified atom stereocenters. The number of hydrogen-bond donors (Lipinski definition) is 0. The van der Waals surface area contributed by atoms with Crippen molar-refractivity contribution in [2.45, 2.75) is 32.6 Å². The number of aryl methyl sites for hydroxylation is 1. The van der Waals surface area contributed by atoms with Crippen molar-refractivity contribution in [3.63, 3.8) is 0 Å². The first-order valence-electron chi connectivity index (χ1n) is 10.4. The molecule has 0 bridgehead atoms. The first-order chi connectivity index (χ1) is 15.3. The topological polar surface area (TPSA) is 9.23 Å². The normalized spacial score (nSPS) is 13.0.